The van der Waals surface area contributed by atoms with E-state index < -0.39 is 17.5 Å². The fourth-order valence-electron chi connectivity index (χ4n) is 1.86. The highest BCUT2D eigenvalue weighted by atomic mass is 32.2. The van der Waals surface area contributed by atoms with Crippen molar-refractivity contribution >= 4 is 34.6 Å². The van der Waals surface area contributed by atoms with Crippen LogP contribution in [0, 0.1) is 17.5 Å². The number of hydrogen-bond donors (Lipinski definition) is 1. The Labute approximate surface area is 133 Å². The summed E-state index contributed by atoms with van der Waals surface area (Å²) in [5.74, 6) is -4.12. The van der Waals surface area contributed by atoms with Gasteiger partial charge in [0.2, 0.25) is 0 Å². The second-order valence-corrected chi connectivity index (χ2v) is 5.50. The molecule has 0 spiro atoms. The number of amides is 1. The minimum absolute atomic E-state index is 0.139. The van der Waals surface area contributed by atoms with Gasteiger partial charge in [-0.3, -0.25) is 9.78 Å². The van der Waals surface area contributed by atoms with E-state index in [1.165, 1.54) is 0 Å². The van der Waals surface area contributed by atoms with Crippen LogP contribution in [0.3, 0.4) is 0 Å². The van der Waals surface area contributed by atoms with Crippen molar-refractivity contribution in [2.75, 3.05) is 0 Å². The first kappa shape index (κ1) is 15.3. The summed E-state index contributed by atoms with van der Waals surface area (Å²) < 4.78 is 39.4. The highest BCUT2D eigenvalue weighted by Crippen LogP contribution is 2.29. The zero-order chi connectivity index (χ0) is 16.4. The summed E-state index contributed by atoms with van der Waals surface area (Å²) in [7, 11) is 0. The summed E-state index contributed by atoms with van der Waals surface area (Å²) in [5.41, 5.74) is 0.642. The molecule has 0 saturated carbocycles. The minimum atomic E-state index is -1.56. The van der Waals surface area contributed by atoms with Crippen LogP contribution >= 0.6 is 11.8 Å². The number of benzene rings is 1. The Balaban J connectivity index is 2.00. The predicted octanol–water partition coefficient (Wildman–Crippen LogP) is 4.03. The molecule has 1 aromatic heterocycles. The molecule has 1 amide bonds. The molecule has 0 unspecified atom stereocenters. The summed E-state index contributed by atoms with van der Waals surface area (Å²) in [4.78, 5) is 19.9. The summed E-state index contributed by atoms with van der Waals surface area (Å²) in [6, 6.07) is 4.96. The molecule has 1 aliphatic heterocycles. The van der Waals surface area contributed by atoms with Crippen molar-refractivity contribution in [1.29, 1.82) is 0 Å². The van der Waals surface area contributed by atoms with Crippen LogP contribution in [0.25, 0.3) is 6.08 Å². The number of halogens is 3. The van der Waals surface area contributed by atoms with Gasteiger partial charge < -0.3 is 5.32 Å². The highest BCUT2D eigenvalue weighted by Gasteiger charge is 2.24. The van der Waals surface area contributed by atoms with Crippen molar-refractivity contribution in [2.24, 2.45) is 4.99 Å². The Morgan fingerprint density at radius 1 is 1.13 bits per heavy atom. The molecule has 1 aliphatic rings. The number of hydrogen-bond acceptors (Lipinski definition) is 4. The molecule has 4 nitrogen and oxygen atoms in total. The van der Waals surface area contributed by atoms with Crippen molar-refractivity contribution in [3.63, 3.8) is 0 Å². The van der Waals surface area contributed by atoms with Gasteiger partial charge >= 0.3 is 0 Å². The Morgan fingerprint density at radius 2 is 1.78 bits per heavy atom. The smallest absolute Gasteiger partial charge is 0.289 e. The Bertz CT molecular complexity index is 814. The average molecular weight is 335 g/mol. The van der Waals surface area contributed by atoms with Crippen LogP contribution in [0.2, 0.25) is 0 Å². The first-order valence-corrected chi connectivity index (χ1v) is 7.19. The molecule has 0 aliphatic carbocycles. The molecule has 1 fully saturated rings. The molecule has 3 rings (SSSR count). The van der Waals surface area contributed by atoms with Crippen LogP contribution in [0.1, 0.15) is 5.56 Å². The minimum Gasteiger partial charge on any atom is -0.300 e. The monoisotopic (exact) mass is 335 g/mol. The number of pyridine rings is 1. The van der Waals surface area contributed by atoms with Gasteiger partial charge in [0.25, 0.3) is 5.24 Å². The van der Waals surface area contributed by atoms with E-state index in [1.54, 1.807) is 30.6 Å². The van der Waals surface area contributed by atoms with E-state index in [4.69, 9.17) is 0 Å². The number of thioether (sulfide) groups is 1. The highest BCUT2D eigenvalue weighted by molar-refractivity contribution is 8.18. The SMILES string of the molecule is O=C1NC(=Nc2cc(F)c(F)c(F)c2)C(=Cc2ccncc2)S1. The van der Waals surface area contributed by atoms with Crippen LogP contribution in [0.15, 0.2) is 46.6 Å². The largest absolute Gasteiger partial charge is 0.300 e. The van der Waals surface area contributed by atoms with Crippen molar-refractivity contribution in [3.8, 4) is 0 Å². The summed E-state index contributed by atoms with van der Waals surface area (Å²) in [6.07, 6.45) is 4.85. The average Bonchev–Trinajstić information content (AvgIpc) is 2.85. The third kappa shape index (κ3) is 3.42. The number of aromatic nitrogens is 1. The molecule has 23 heavy (non-hydrogen) atoms. The van der Waals surface area contributed by atoms with Crippen LogP contribution in [0.5, 0.6) is 0 Å². The molecule has 1 aromatic carbocycles. The van der Waals surface area contributed by atoms with Crippen molar-refractivity contribution < 1.29 is 18.0 Å². The zero-order valence-electron chi connectivity index (χ0n) is 11.4. The first-order valence-electron chi connectivity index (χ1n) is 6.37. The van der Waals surface area contributed by atoms with Crippen molar-refractivity contribution in [3.05, 3.63) is 64.6 Å². The molecule has 1 N–H and O–H groups in total. The van der Waals surface area contributed by atoms with Gasteiger partial charge in [0, 0.05) is 24.5 Å². The lowest BCUT2D eigenvalue weighted by Gasteiger charge is -2.01. The summed E-state index contributed by atoms with van der Waals surface area (Å²) in [5, 5.41) is 2.11. The number of carbonyl (C=O) groups excluding carboxylic acids is 1. The van der Waals surface area contributed by atoms with Crippen molar-refractivity contribution in [2.45, 2.75) is 0 Å². The molecule has 8 heteroatoms. The van der Waals surface area contributed by atoms with Gasteiger partial charge in [-0.1, -0.05) is 0 Å². The van der Waals surface area contributed by atoms with E-state index in [0.717, 1.165) is 29.5 Å². The fourth-order valence-corrected chi connectivity index (χ4v) is 2.60. The number of amidine groups is 1. The van der Waals surface area contributed by atoms with Gasteiger partial charge in [0.15, 0.2) is 17.5 Å². The normalized spacial score (nSPS) is 17.8. The molecule has 116 valence electrons. The quantitative estimate of drug-likeness (QED) is 0.843. The molecule has 0 radical (unpaired) electrons. The second-order valence-electron chi connectivity index (χ2n) is 4.49. The molecule has 2 heterocycles. The van der Waals surface area contributed by atoms with Crippen LogP contribution in [-0.4, -0.2) is 16.1 Å². The molecule has 2 aromatic rings. The standard InChI is InChI=1S/C15H8F3N3OS/c16-10-6-9(7-11(17)13(10)18)20-14-12(23-15(22)21-14)5-8-1-3-19-4-2-8/h1-7H,(H,20,21,22). The summed E-state index contributed by atoms with van der Waals surface area (Å²) >= 11 is 0.898. The van der Waals surface area contributed by atoms with Gasteiger partial charge in [-0.25, -0.2) is 18.2 Å². The number of rotatable bonds is 2. The molecular formula is C15H8F3N3OS. The maximum atomic E-state index is 13.2. The van der Waals surface area contributed by atoms with Gasteiger partial charge in [-0.15, -0.1) is 0 Å². The van der Waals surface area contributed by atoms with Crippen LogP contribution in [0.4, 0.5) is 23.7 Å². The number of aliphatic imine (C=N–C) groups is 1. The second kappa shape index (κ2) is 6.25. The van der Waals surface area contributed by atoms with Gasteiger partial charge in [-0.05, 0) is 35.5 Å². The van der Waals surface area contributed by atoms with Gasteiger partial charge in [0.05, 0.1) is 10.6 Å². The first-order chi connectivity index (χ1) is 11.0. The lowest BCUT2D eigenvalue weighted by Crippen LogP contribution is -2.18. The number of carbonyl (C=O) groups is 1. The van der Waals surface area contributed by atoms with E-state index in [1.807, 2.05) is 0 Å². The molecular weight excluding hydrogens is 327 g/mol. The van der Waals surface area contributed by atoms with Crippen molar-refractivity contribution in [1.82, 2.24) is 10.3 Å². The Morgan fingerprint density at radius 3 is 2.43 bits per heavy atom. The maximum absolute atomic E-state index is 13.2. The molecule has 0 atom stereocenters. The Hall–Kier alpha value is -2.61. The molecule has 0 bridgehead atoms. The lowest BCUT2D eigenvalue weighted by molar-refractivity contribution is 0.265. The van der Waals surface area contributed by atoms with Gasteiger partial charge in [0.1, 0.15) is 5.84 Å². The fraction of sp³-hybridized carbons (Fsp3) is 0. The number of nitrogens with one attached hydrogen (secondary N) is 1. The third-order valence-corrected chi connectivity index (χ3v) is 3.69. The topological polar surface area (TPSA) is 54.4 Å². The zero-order valence-corrected chi connectivity index (χ0v) is 12.2. The Kier molecular flexibility index (Phi) is 4.16. The maximum Gasteiger partial charge on any atom is 0.289 e. The van der Waals surface area contributed by atoms with Crippen LogP contribution in [-0.2, 0) is 0 Å². The van der Waals surface area contributed by atoms with E-state index in [0.29, 0.717) is 4.91 Å². The van der Waals surface area contributed by atoms with E-state index in [9.17, 15) is 18.0 Å². The van der Waals surface area contributed by atoms with Gasteiger partial charge in [-0.2, -0.15) is 0 Å². The van der Waals surface area contributed by atoms with E-state index in [-0.39, 0.29) is 16.8 Å². The predicted molar refractivity (Wildman–Crippen MR) is 81.7 cm³/mol. The summed E-state index contributed by atoms with van der Waals surface area (Å²) in [6.45, 7) is 0. The van der Waals surface area contributed by atoms with Crippen LogP contribution < -0.4 is 5.32 Å². The van der Waals surface area contributed by atoms with E-state index >= 15 is 0 Å². The lowest BCUT2D eigenvalue weighted by atomic mass is 10.2. The van der Waals surface area contributed by atoms with E-state index in [2.05, 4.69) is 15.3 Å². The number of nitrogens with zero attached hydrogens (tertiary/aromatic N) is 2. The molecule has 1 saturated heterocycles. The third-order valence-electron chi connectivity index (χ3n) is 2.87.